The van der Waals surface area contributed by atoms with E-state index in [0.717, 1.165) is 17.3 Å². The topological polar surface area (TPSA) is 23.8 Å². The van der Waals surface area contributed by atoms with Crippen molar-refractivity contribution in [3.63, 3.8) is 0 Å². The molecule has 0 heterocycles. The summed E-state index contributed by atoms with van der Waals surface area (Å²) in [6, 6.07) is 12.1. The Bertz CT molecular complexity index is 248. The van der Waals surface area contributed by atoms with E-state index < -0.39 is 0 Å². The van der Waals surface area contributed by atoms with Crippen LogP contribution < -0.4 is 0 Å². The Labute approximate surface area is 97.2 Å². The van der Waals surface area contributed by atoms with Gasteiger partial charge < -0.3 is 11.8 Å². The Morgan fingerprint density at radius 1 is 1.38 bits per heavy atom. The second-order valence-electron chi connectivity index (χ2n) is 1.96. The molecule has 0 unspecified atom stereocenters. The molecule has 0 aliphatic heterocycles. The van der Waals surface area contributed by atoms with E-state index >= 15 is 0 Å². The first-order valence-corrected chi connectivity index (χ1v) is 8.38. The number of hydrogen-bond acceptors (Lipinski definition) is 2. The Balaban J connectivity index is 0.000000671. The van der Waals surface area contributed by atoms with Crippen molar-refractivity contribution < 1.29 is 17.3 Å². The number of rotatable bonds is 3. The summed E-state index contributed by atoms with van der Waals surface area (Å²) in [5, 5.41) is 8.25. The van der Waals surface area contributed by atoms with Crippen LogP contribution in [0.15, 0.2) is 35.2 Å². The number of nitriles is 1. The molecule has 0 aliphatic rings. The van der Waals surface area contributed by atoms with Crippen LogP contribution in [-0.4, -0.2) is 0 Å². The van der Waals surface area contributed by atoms with Crippen LogP contribution in [0.25, 0.3) is 0 Å². The van der Waals surface area contributed by atoms with Crippen molar-refractivity contribution in [2.45, 2.75) is 11.3 Å². The Morgan fingerprint density at radius 2 is 2.00 bits per heavy atom. The molecule has 0 atom stereocenters. The van der Waals surface area contributed by atoms with Gasteiger partial charge in [0.25, 0.3) is 0 Å². The number of halogens is 1. The van der Waals surface area contributed by atoms with E-state index in [1.54, 1.807) is 11.8 Å². The monoisotopic (exact) mass is 261 g/mol. The van der Waals surface area contributed by atoms with E-state index in [1.807, 2.05) is 36.1 Å². The van der Waals surface area contributed by atoms with E-state index in [0.29, 0.717) is 6.42 Å². The molecule has 0 bridgehead atoms. The number of benzene rings is 1. The van der Waals surface area contributed by atoms with E-state index in [1.165, 1.54) is 4.90 Å². The van der Waals surface area contributed by atoms with E-state index in [-0.39, 0.29) is 0 Å². The van der Waals surface area contributed by atoms with Gasteiger partial charge in [-0.05, 0) is 4.90 Å². The third-order valence-electron chi connectivity index (χ3n) is 1.14. The number of thioether (sulfide) groups is 1. The van der Waals surface area contributed by atoms with Gasteiger partial charge in [0.05, 0.1) is 0 Å². The molecule has 4 heteroatoms. The van der Waals surface area contributed by atoms with Gasteiger partial charge in [0.2, 0.25) is 0 Å². The zero-order valence-corrected chi connectivity index (χ0v) is 11.7. The van der Waals surface area contributed by atoms with Gasteiger partial charge in [0.1, 0.15) is 0 Å². The molecule has 0 saturated heterocycles. The van der Waals surface area contributed by atoms with Crippen molar-refractivity contribution in [1.82, 2.24) is 0 Å². The van der Waals surface area contributed by atoms with E-state index in [4.69, 9.17) is 15.0 Å². The summed E-state index contributed by atoms with van der Waals surface area (Å²) in [5.74, 6) is 1.90. The second kappa shape index (κ2) is 10.1. The van der Waals surface area contributed by atoms with Crippen molar-refractivity contribution in [2.24, 2.45) is 0 Å². The van der Waals surface area contributed by atoms with Gasteiger partial charge in [0, 0.05) is 6.07 Å². The zero-order chi connectivity index (χ0) is 9.94. The fraction of sp³-hybridized carbons (Fsp3) is 0.111. The van der Waals surface area contributed by atoms with Crippen molar-refractivity contribution >= 4 is 21.5 Å². The van der Waals surface area contributed by atoms with Gasteiger partial charge in [-0.3, -0.25) is 5.75 Å². The Kier molecular flexibility index (Phi) is 10.0. The fourth-order valence-corrected chi connectivity index (χ4v) is 1.34. The van der Waals surface area contributed by atoms with E-state index in [9.17, 15) is 0 Å². The van der Waals surface area contributed by atoms with Gasteiger partial charge in [-0.1, -0.05) is 36.8 Å². The van der Waals surface area contributed by atoms with Crippen LogP contribution in [0.1, 0.15) is 6.42 Å². The number of nitrogens with zero attached hydrogens (tertiary/aromatic N) is 1. The normalized spacial score (nSPS) is 8.15. The van der Waals surface area contributed by atoms with Crippen LogP contribution in [0.3, 0.4) is 0 Å². The minimum absolute atomic E-state index is 0.500. The molecule has 13 heavy (non-hydrogen) atoms. The van der Waals surface area contributed by atoms with Crippen molar-refractivity contribution in [3.05, 3.63) is 36.1 Å². The van der Waals surface area contributed by atoms with Crippen LogP contribution in [-0.2, 0) is 17.3 Å². The molecule has 0 aromatic heterocycles. The number of hydrogen-bond donors (Lipinski definition) is 0. The van der Waals surface area contributed by atoms with Crippen molar-refractivity contribution in [1.29, 1.82) is 5.26 Å². The van der Waals surface area contributed by atoms with Crippen molar-refractivity contribution in [3.8, 4) is 6.07 Å². The first-order valence-electron chi connectivity index (χ1n) is 3.60. The molecule has 1 rings (SSSR count). The summed E-state index contributed by atoms with van der Waals surface area (Å²) in [7, 11) is 4.76. The van der Waals surface area contributed by atoms with Gasteiger partial charge in [-0.15, -0.1) is 0 Å². The second-order valence-corrected chi connectivity index (χ2v) is 3.00. The maximum atomic E-state index is 8.25. The summed E-state index contributed by atoms with van der Waals surface area (Å²) < 4.78 is 0. The predicted octanol–water partition coefficient (Wildman–Crippen LogP) is 3.54. The molecule has 0 spiro atoms. The first kappa shape index (κ1) is 13.0. The summed E-state index contributed by atoms with van der Waals surface area (Å²) in [4.78, 5) is 1.18. The van der Waals surface area contributed by atoms with Gasteiger partial charge >= 0.3 is 27.0 Å². The van der Waals surface area contributed by atoms with Crippen LogP contribution in [0, 0.1) is 17.1 Å². The molecule has 0 fully saturated rings. The van der Waals surface area contributed by atoms with Gasteiger partial charge in [0.15, 0.2) is 0 Å². The Morgan fingerprint density at radius 3 is 2.54 bits per heavy atom. The third kappa shape index (κ3) is 7.08. The molecule has 0 saturated carbocycles. The molecular formula is C9H8ClNSZn. The standard InChI is InChI=1S/C9H8NS.ClH.Zn/c10-7-4-8-11-9-5-2-1-3-6-9;;/h1-3,5-6,8H,4H2;1H;/q-1;;+2/p-1. The zero-order valence-electron chi connectivity index (χ0n) is 7.11. The van der Waals surface area contributed by atoms with Gasteiger partial charge in [-0.2, -0.15) is 0 Å². The molecule has 0 aliphatic carbocycles. The quantitative estimate of drug-likeness (QED) is 0.360. The minimum atomic E-state index is 0.500. The van der Waals surface area contributed by atoms with E-state index in [2.05, 4.69) is 6.07 Å². The molecule has 0 N–H and O–H groups in total. The third-order valence-corrected chi connectivity index (χ3v) is 2.01. The molecular weight excluding hydrogens is 255 g/mol. The van der Waals surface area contributed by atoms with Crippen LogP contribution in [0.2, 0.25) is 0 Å². The molecule has 0 amide bonds. The van der Waals surface area contributed by atoms with Crippen LogP contribution >= 0.6 is 21.5 Å². The first-order chi connectivity index (χ1) is 6.43. The molecule has 1 aromatic rings. The Hall–Kier alpha value is -0.0266. The van der Waals surface area contributed by atoms with Crippen LogP contribution in [0.5, 0.6) is 0 Å². The average Bonchev–Trinajstić information content (AvgIpc) is 2.23. The SMILES string of the molecule is N#CC[CH-]Sc1ccccc1.[Cl][Zn+]. The fourth-order valence-electron chi connectivity index (χ4n) is 0.674. The average molecular weight is 263 g/mol. The molecule has 1 nitrogen and oxygen atoms in total. The summed E-state index contributed by atoms with van der Waals surface area (Å²) in [6.07, 6.45) is 0.500. The van der Waals surface area contributed by atoms with Crippen LogP contribution in [0.4, 0.5) is 0 Å². The molecule has 1 aromatic carbocycles. The summed E-state index contributed by atoms with van der Waals surface area (Å²) in [5.41, 5.74) is 0. The summed E-state index contributed by atoms with van der Waals surface area (Å²) in [6.45, 7) is 0. The molecule has 0 radical (unpaired) electrons. The maximum absolute atomic E-state index is 8.25. The summed E-state index contributed by atoms with van der Waals surface area (Å²) >= 11 is 2.44. The molecule has 64 valence electrons. The van der Waals surface area contributed by atoms with Crippen molar-refractivity contribution in [2.75, 3.05) is 0 Å². The van der Waals surface area contributed by atoms with Gasteiger partial charge in [-0.25, -0.2) is 5.26 Å². The predicted molar refractivity (Wildman–Crippen MR) is 52.7 cm³/mol.